The van der Waals surface area contributed by atoms with E-state index in [0.29, 0.717) is 12.5 Å². The van der Waals surface area contributed by atoms with Gasteiger partial charge in [0.05, 0.1) is 30.8 Å². The Morgan fingerprint density at radius 1 is 0.850 bits per heavy atom. The van der Waals surface area contributed by atoms with Gasteiger partial charge < -0.3 is 9.16 Å². The van der Waals surface area contributed by atoms with Gasteiger partial charge in [-0.3, -0.25) is 9.80 Å². The molecule has 3 aromatic rings. The topological polar surface area (TPSA) is 42.0 Å². The van der Waals surface area contributed by atoms with Crippen LogP contribution in [-0.2, 0) is 15.7 Å². The second-order valence-corrected chi connectivity index (χ2v) is 17.0. The molecule has 3 heterocycles. The second kappa shape index (κ2) is 10.8. The lowest BCUT2D eigenvalue weighted by Crippen LogP contribution is -2.69. The van der Waals surface area contributed by atoms with Crippen LogP contribution < -0.4 is 10.4 Å². The molecule has 3 aliphatic heterocycles. The molecule has 5 nitrogen and oxygen atoms in total. The Morgan fingerprint density at radius 2 is 1.40 bits per heavy atom. The van der Waals surface area contributed by atoms with Gasteiger partial charge in [0.25, 0.3) is 8.32 Å². The first-order valence-electron chi connectivity index (χ1n) is 14.9. The largest absolute Gasteiger partial charge is 0.450 e. The van der Waals surface area contributed by atoms with E-state index in [1.807, 2.05) is 6.92 Å². The fourth-order valence-corrected chi connectivity index (χ4v) is 12.6. The van der Waals surface area contributed by atoms with E-state index < -0.39 is 8.32 Å². The van der Waals surface area contributed by atoms with E-state index in [4.69, 9.17) is 9.16 Å². The number of rotatable bonds is 7. The number of benzene rings is 3. The number of hydrogen-bond donors (Lipinski definition) is 0. The Bertz CT molecular complexity index is 1260. The van der Waals surface area contributed by atoms with Gasteiger partial charge >= 0.3 is 6.09 Å². The fraction of sp³-hybridized carbons (Fsp3) is 0.441. The van der Waals surface area contributed by atoms with Crippen LogP contribution in [0.15, 0.2) is 91.0 Å². The molecule has 0 aromatic heterocycles. The summed E-state index contributed by atoms with van der Waals surface area (Å²) >= 11 is 0. The molecule has 6 rings (SSSR count). The predicted molar refractivity (Wildman–Crippen MR) is 162 cm³/mol. The predicted octanol–water partition coefficient (Wildman–Crippen LogP) is 5.44. The number of hydrogen-bond acceptors (Lipinski definition) is 4. The molecule has 0 saturated carbocycles. The highest BCUT2D eigenvalue weighted by Crippen LogP contribution is 2.50. The van der Waals surface area contributed by atoms with Gasteiger partial charge in [-0.25, -0.2) is 4.79 Å². The molecular formula is C34H42N2O3Si. The van der Waals surface area contributed by atoms with Crippen LogP contribution in [0.25, 0.3) is 0 Å². The van der Waals surface area contributed by atoms with Gasteiger partial charge in [0.15, 0.2) is 0 Å². The summed E-state index contributed by atoms with van der Waals surface area (Å²) in [7, 11) is -2.82. The average molecular weight is 555 g/mol. The van der Waals surface area contributed by atoms with Crippen LogP contribution >= 0.6 is 0 Å². The minimum absolute atomic E-state index is 0.00947. The molecule has 0 radical (unpaired) electrons. The van der Waals surface area contributed by atoms with Crippen molar-refractivity contribution in [3.05, 3.63) is 96.6 Å². The minimum atomic E-state index is -2.82. The number of amides is 1. The van der Waals surface area contributed by atoms with Crippen molar-refractivity contribution < 1.29 is 14.0 Å². The van der Waals surface area contributed by atoms with Crippen molar-refractivity contribution in [1.29, 1.82) is 0 Å². The lowest BCUT2D eigenvalue weighted by Gasteiger charge is -2.47. The third kappa shape index (κ3) is 4.60. The van der Waals surface area contributed by atoms with Crippen LogP contribution in [-0.4, -0.2) is 61.6 Å². The Balaban J connectivity index is 1.48. The van der Waals surface area contributed by atoms with Gasteiger partial charge in [0.1, 0.15) is 0 Å². The Kier molecular flexibility index (Phi) is 7.36. The number of likely N-dealkylation sites (tertiary alicyclic amines) is 1. The van der Waals surface area contributed by atoms with Crippen LogP contribution in [0.2, 0.25) is 5.04 Å². The molecule has 0 unspecified atom stereocenters. The summed E-state index contributed by atoms with van der Waals surface area (Å²) in [5, 5.41) is 2.42. The molecule has 210 valence electrons. The van der Waals surface area contributed by atoms with E-state index in [-0.39, 0.29) is 35.4 Å². The summed E-state index contributed by atoms with van der Waals surface area (Å²) in [5.41, 5.74) is 1.30. The fourth-order valence-electron chi connectivity index (χ4n) is 7.85. The van der Waals surface area contributed by atoms with Crippen molar-refractivity contribution in [2.75, 3.05) is 13.2 Å². The van der Waals surface area contributed by atoms with Gasteiger partial charge in [0, 0.05) is 13.1 Å². The summed E-state index contributed by atoms with van der Waals surface area (Å²) < 4.78 is 13.5. The first-order chi connectivity index (χ1) is 19.3. The minimum Gasteiger partial charge on any atom is -0.450 e. The first-order valence-corrected chi connectivity index (χ1v) is 16.8. The maximum absolute atomic E-state index is 13.5. The van der Waals surface area contributed by atoms with Crippen LogP contribution in [0.1, 0.15) is 46.1 Å². The smallest absolute Gasteiger partial charge is 0.410 e. The molecule has 5 atom stereocenters. The number of carbonyl (C=O) groups excluding carboxylic acids is 1. The third-order valence-corrected chi connectivity index (χ3v) is 14.4. The van der Waals surface area contributed by atoms with E-state index in [9.17, 15) is 4.79 Å². The Hall–Kier alpha value is -2.93. The number of fused-ring (bicyclic) bond motifs is 2. The third-order valence-electron chi connectivity index (χ3n) is 9.33. The van der Waals surface area contributed by atoms with E-state index in [1.54, 1.807) is 0 Å². The average Bonchev–Trinajstić information content (AvgIpc) is 3.07. The lowest BCUT2D eigenvalue weighted by molar-refractivity contribution is 0.00795. The highest BCUT2D eigenvalue weighted by Gasteiger charge is 2.63. The van der Waals surface area contributed by atoms with Crippen molar-refractivity contribution in [1.82, 2.24) is 9.80 Å². The molecule has 3 bridgehead atoms. The number of nitrogens with zero attached hydrogens (tertiary/aromatic N) is 2. The normalized spacial score (nSPS) is 26.2. The maximum atomic E-state index is 13.5. The molecule has 0 spiro atoms. The van der Waals surface area contributed by atoms with Crippen LogP contribution in [0.3, 0.4) is 0 Å². The molecule has 0 N–H and O–H groups in total. The van der Waals surface area contributed by atoms with Crippen LogP contribution in [0.5, 0.6) is 0 Å². The molecule has 3 aromatic carbocycles. The molecule has 0 aliphatic carbocycles. The maximum Gasteiger partial charge on any atom is 0.410 e. The van der Waals surface area contributed by atoms with Crippen LogP contribution in [0, 0.1) is 5.92 Å². The summed E-state index contributed by atoms with van der Waals surface area (Å²) in [6, 6.07) is 32.7. The highest BCUT2D eigenvalue weighted by molar-refractivity contribution is 6.99. The summed E-state index contributed by atoms with van der Waals surface area (Å²) in [6.45, 7) is 11.2. The zero-order chi connectivity index (χ0) is 27.9. The van der Waals surface area contributed by atoms with Gasteiger partial charge in [-0.1, -0.05) is 112 Å². The van der Waals surface area contributed by atoms with Crippen molar-refractivity contribution >= 4 is 24.8 Å². The molecule has 6 heteroatoms. The summed E-state index contributed by atoms with van der Waals surface area (Å²) in [5.74, 6) is 0.549. The van der Waals surface area contributed by atoms with Crippen molar-refractivity contribution in [3.8, 4) is 0 Å². The van der Waals surface area contributed by atoms with E-state index in [1.165, 1.54) is 15.9 Å². The molecule has 3 fully saturated rings. The monoisotopic (exact) mass is 554 g/mol. The van der Waals surface area contributed by atoms with Gasteiger partial charge in [-0.15, -0.1) is 0 Å². The quantitative estimate of drug-likeness (QED) is 0.365. The van der Waals surface area contributed by atoms with Crippen molar-refractivity contribution in [2.24, 2.45) is 5.92 Å². The Morgan fingerprint density at radius 3 is 1.95 bits per heavy atom. The van der Waals surface area contributed by atoms with Gasteiger partial charge in [-0.05, 0) is 46.7 Å². The molecule has 1 amide bonds. The van der Waals surface area contributed by atoms with E-state index >= 15 is 0 Å². The van der Waals surface area contributed by atoms with Crippen LogP contribution in [0.4, 0.5) is 4.79 Å². The number of ether oxygens (including phenoxy) is 1. The second-order valence-electron chi connectivity index (χ2n) is 12.7. The van der Waals surface area contributed by atoms with Gasteiger partial charge in [-0.2, -0.15) is 0 Å². The highest BCUT2D eigenvalue weighted by atomic mass is 28.4. The Labute approximate surface area is 240 Å². The lowest BCUT2D eigenvalue weighted by atomic mass is 9.86. The molecule has 3 saturated heterocycles. The molecule has 3 aliphatic rings. The summed E-state index contributed by atoms with van der Waals surface area (Å²) in [6.07, 6.45) is 1.69. The SMILES string of the molecule is CCOC(=O)N1[C@H]2C[C@@H]3C[C@H]1[C@@H]([C@H]2O[Si](c1ccccc1)(c1ccccc1)C(C)(C)C)N(Cc1ccccc1)C3. The van der Waals surface area contributed by atoms with E-state index in [2.05, 4.69) is 122 Å². The first kappa shape index (κ1) is 27.2. The molecule has 40 heavy (non-hydrogen) atoms. The summed E-state index contributed by atoms with van der Waals surface area (Å²) in [4.78, 5) is 18.2. The van der Waals surface area contributed by atoms with Crippen molar-refractivity contribution in [2.45, 2.75) is 76.3 Å². The zero-order valence-electron chi connectivity index (χ0n) is 24.2. The number of piperidine rings is 2. The molecular weight excluding hydrogens is 512 g/mol. The zero-order valence-corrected chi connectivity index (χ0v) is 25.2. The van der Waals surface area contributed by atoms with Gasteiger partial charge in [0.2, 0.25) is 0 Å². The van der Waals surface area contributed by atoms with Crippen molar-refractivity contribution in [3.63, 3.8) is 0 Å². The number of carbonyl (C=O) groups is 1. The van der Waals surface area contributed by atoms with E-state index in [0.717, 1.165) is 25.9 Å². The standard InChI is InChI=1S/C34H42N2O3Si/c1-5-38-33(37)36-29-21-26-22-30(36)32(31(29)35(24-26)23-25-15-9-6-10-16-25)39-40(34(2,3)4,27-17-11-7-12-18-27)28-19-13-8-14-20-28/h6-20,26,29-32H,5,21-24H2,1-4H3/t26-,29-,30-,31-,32-/m0/s1.